The van der Waals surface area contributed by atoms with Gasteiger partial charge in [-0.1, -0.05) is 35.9 Å². The number of rotatable bonds is 7. The lowest BCUT2D eigenvalue weighted by atomic mass is 10.1. The van der Waals surface area contributed by atoms with Crippen LogP contribution >= 0.6 is 0 Å². The van der Waals surface area contributed by atoms with Crippen LogP contribution < -0.4 is 9.62 Å². The summed E-state index contributed by atoms with van der Waals surface area (Å²) in [6.45, 7) is 2.08. The molecule has 0 fully saturated rings. The molecule has 1 aromatic heterocycles. The summed E-state index contributed by atoms with van der Waals surface area (Å²) in [5.41, 5.74) is 2.02. The number of nitrogens with one attached hydrogen (secondary N) is 1. The number of carbonyl (C=O) groups is 1. The minimum atomic E-state index is -4.54. The van der Waals surface area contributed by atoms with E-state index in [0.717, 1.165) is 29.6 Å². The summed E-state index contributed by atoms with van der Waals surface area (Å²) >= 11 is 0. The first kappa shape index (κ1) is 24.2. The number of carbonyl (C=O) groups excluding carboxylic acids is 1. The van der Waals surface area contributed by atoms with E-state index < -0.39 is 27.8 Å². The van der Waals surface area contributed by atoms with Crippen molar-refractivity contribution in [2.24, 2.45) is 0 Å². The Morgan fingerprint density at radius 1 is 1.03 bits per heavy atom. The summed E-state index contributed by atoms with van der Waals surface area (Å²) in [6.07, 6.45) is -2.56. The fraction of sp³-hybridized carbons (Fsp3) is 0.217. The van der Waals surface area contributed by atoms with Crippen molar-refractivity contribution in [1.82, 2.24) is 4.98 Å². The van der Waals surface area contributed by atoms with Crippen molar-refractivity contribution in [1.29, 1.82) is 0 Å². The van der Waals surface area contributed by atoms with E-state index in [1.54, 1.807) is 24.3 Å². The number of benzene rings is 2. The molecule has 0 unspecified atom stereocenters. The van der Waals surface area contributed by atoms with E-state index in [9.17, 15) is 26.4 Å². The topological polar surface area (TPSA) is 79.4 Å². The van der Waals surface area contributed by atoms with Gasteiger partial charge in [0, 0.05) is 11.9 Å². The second kappa shape index (κ2) is 9.62. The molecule has 2 aromatic carbocycles. The van der Waals surface area contributed by atoms with Crippen molar-refractivity contribution < 1.29 is 26.4 Å². The normalized spacial score (nSPS) is 11.8. The number of halogens is 3. The quantitative estimate of drug-likeness (QED) is 0.541. The molecule has 6 nitrogen and oxygen atoms in total. The Morgan fingerprint density at radius 2 is 1.73 bits per heavy atom. The molecule has 0 aliphatic heterocycles. The van der Waals surface area contributed by atoms with Gasteiger partial charge < -0.3 is 5.32 Å². The van der Waals surface area contributed by atoms with Crippen LogP contribution in [-0.4, -0.2) is 25.6 Å². The Bertz CT molecular complexity index is 1230. The van der Waals surface area contributed by atoms with Gasteiger partial charge in [-0.25, -0.2) is 8.42 Å². The molecule has 1 heterocycles. The van der Waals surface area contributed by atoms with Crippen molar-refractivity contribution >= 4 is 27.3 Å². The third-order valence-electron chi connectivity index (χ3n) is 4.73. The number of aromatic nitrogens is 1. The molecule has 1 N–H and O–H groups in total. The van der Waals surface area contributed by atoms with E-state index in [1.807, 2.05) is 31.2 Å². The maximum atomic E-state index is 12.6. The van der Waals surface area contributed by atoms with Crippen LogP contribution in [0.15, 0.2) is 66.9 Å². The monoisotopic (exact) mass is 477 g/mol. The molecule has 0 saturated carbocycles. The molecule has 0 saturated heterocycles. The minimum Gasteiger partial charge on any atom is -0.326 e. The van der Waals surface area contributed by atoms with Crippen molar-refractivity contribution in [3.8, 4) is 0 Å². The Labute approximate surface area is 190 Å². The summed E-state index contributed by atoms with van der Waals surface area (Å²) in [7, 11) is -3.56. The molecule has 0 spiro atoms. The van der Waals surface area contributed by atoms with Crippen molar-refractivity contribution in [2.45, 2.75) is 26.1 Å². The first-order valence-electron chi connectivity index (χ1n) is 9.87. The molecule has 0 radical (unpaired) electrons. The fourth-order valence-corrected chi connectivity index (χ4v) is 4.06. The molecule has 174 valence electrons. The first-order valence-corrected chi connectivity index (χ1v) is 11.7. The summed E-state index contributed by atoms with van der Waals surface area (Å²) < 4.78 is 63.7. The van der Waals surface area contributed by atoms with E-state index >= 15 is 0 Å². The van der Waals surface area contributed by atoms with E-state index in [1.165, 1.54) is 10.4 Å². The van der Waals surface area contributed by atoms with Crippen LogP contribution in [0, 0.1) is 6.92 Å². The summed E-state index contributed by atoms with van der Waals surface area (Å²) in [5.74, 6) is -0.441. The summed E-state index contributed by atoms with van der Waals surface area (Å²) in [4.78, 5) is 15.6. The number of amides is 1. The summed E-state index contributed by atoms with van der Waals surface area (Å²) in [6, 6.07) is 15.8. The van der Waals surface area contributed by atoms with Gasteiger partial charge in [-0.05, 0) is 48.4 Å². The third kappa shape index (κ3) is 6.79. The number of sulfonamides is 1. The Hall–Kier alpha value is -3.40. The molecular weight excluding hydrogens is 455 g/mol. The average Bonchev–Trinajstić information content (AvgIpc) is 2.72. The molecule has 33 heavy (non-hydrogen) atoms. The highest BCUT2D eigenvalue weighted by Gasteiger charge is 2.32. The highest BCUT2D eigenvalue weighted by atomic mass is 32.2. The zero-order valence-corrected chi connectivity index (χ0v) is 18.7. The molecule has 0 aliphatic rings. The Morgan fingerprint density at radius 3 is 2.27 bits per heavy atom. The molecule has 0 bridgehead atoms. The predicted octanol–water partition coefficient (Wildman–Crippen LogP) is 4.56. The second-order valence-electron chi connectivity index (χ2n) is 7.58. The number of pyridine rings is 1. The van der Waals surface area contributed by atoms with Crippen LogP contribution in [0.3, 0.4) is 0 Å². The van der Waals surface area contributed by atoms with Gasteiger partial charge in [0.25, 0.3) is 0 Å². The number of aryl methyl sites for hydroxylation is 1. The Balaban J connectivity index is 1.68. The maximum Gasteiger partial charge on any atom is 0.433 e. The van der Waals surface area contributed by atoms with Crippen LogP contribution in [0.5, 0.6) is 0 Å². The van der Waals surface area contributed by atoms with E-state index in [4.69, 9.17) is 0 Å². The number of alkyl halides is 3. The van der Waals surface area contributed by atoms with Crippen molar-refractivity contribution in [3.63, 3.8) is 0 Å². The van der Waals surface area contributed by atoms with Gasteiger partial charge in [-0.2, -0.15) is 13.2 Å². The van der Waals surface area contributed by atoms with Crippen molar-refractivity contribution in [2.75, 3.05) is 15.9 Å². The van der Waals surface area contributed by atoms with E-state index in [2.05, 4.69) is 10.3 Å². The van der Waals surface area contributed by atoms with Gasteiger partial charge in [0.15, 0.2) is 0 Å². The fourth-order valence-electron chi connectivity index (χ4n) is 3.17. The van der Waals surface area contributed by atoms with Gasteiger partial charge in [0.2, 0.25) is 15.9 Å². The van der Waals surface area contributed by atoms with Gasteiger partial charge in [0.1, 0.15) is 5.69 Å². The lowest BCUT2D eigenvalue weighted by Crippen LogP contribution is -2.29. The average molecular weight is 478 g/mol. The lowest BCUT2D eigenvalue weighted by Gasteiger charge is -2.23. The molecule has 1 amide bonds. The standard InChI is InChI=1S/C23H22F3N3O3S/c1-16-4-3-5-18(12-16)15-29(33(2,31)32)20-9-7-19(8-10-20)28-22(30)13-17-6-11-21(27-14-17)23(24,25)26/h3-12,14H,13,15H2,1-2H3,(H,28,30). The Kier molecular flexibility index (Phi) is 7.06. The number of hydrogen-bond donors (Lipinski definition) is 1. The van der Waals surface area contributed by atoms with Crippen LogP contribution in [0.4, 0.5) is 24.5 Å². The summed E-state index contributed by atoms with van der Waals surface area (Å²) in [5, 5.41) is 2.64. The maximum absolute atomic E-state index is 12.6. The largest absolute Gasteiger partial charge is 0.433 e. The molecule has 3 rings (SSSR count). The molecule has 3 aromatic rings. The molecular formula is C23H22F3N3O3S. The number of hydrogen-bond acceptors (Lipinski definition) is 4. The number of nitrogens with zero attached hydrogens (tertiary/aromatic N) is 2. The highest BCUT2D eigenvalue weighted by molar-refractivity contribution is 7.92. The second-order valence-corrected chi connectivity index (χ2v) is 9.49. The third-order valence-corrected chi connectivity index (χ3v) is 5.87. The zero-order valence-electron chi connectivity index (χ0n) is 17.9. The number of anilines is 2. The van der Waals surface area contributed by atoms with Gasteiger partial charge in [-0.3, -0.25) is 14.1 Å². The van der Waals surface area contributed by atoms with Crippen LogP contribution in [0.1, 0.15) is 22.4 Å². The van der Waals surface area contributed by atoms with Crippen LogP contribution in [-0.2, 0) is 34.0 Å². The zero-order chi connectivity index (χ0) is 24.2. The van der Waals surface area contributed by atoms with Gasteiger partial charge in [-0.15, -0.1) is 0 Å². The van der Waals surface area contributed by atoms with E-state index in [-0.39, 0.29) is 13.0 Å². The van der Waals surface area contributed by atoms with Crippen molar-refractivity contribution in [3.05, 3.63) is 89.2 Å². The van der Waals surface area contributed by atoms with Gasteiger partial charge >= 0.3 is 6.18 Å². The molecule has 0 atom stereocenters. The molecule has 10 heteroatoms. The van der Waals surface area contributed by atoms with Crippen LogP contribution in [0.2, 0.25) is 0 Å². The van der Waals surface area contributed by atoms with Crippen LogP contribution in [0.25, 0.3) is 0 Å². The first-order chi connectivity index (χ1) is 15.4. The SMILES string of the molecule is Cc1cccc(CN(c2ccc(NC(=O)Cc3ccc(C(F)(F)F)nc3)cc2)S(C)(=O)=O)c1. The van der Waals surface area contributed by atoms with E-state index in [0.29, 0.717) is 16.9 Å². The highest BCUT2D eigenvalue weighted by Crippen LogP contribution is 2.27. The minimum absolute atomic E-state index is 0.157. The smallest absolute Gasteiger partial charge is 0.326 e. The lowest BCUT2D eigenvalue weighted by molar-refractivity contribution is -0.141. The predicted molar refractivity (Wildman–Crippen MR) is 120 cm³/mol. The molecule has 0 aliphatic carbocycles. The van der Waals surface area contributed by atoms with Gasteiger partial charge in [0.05, 0.1) is 24.9 Å².